The van der Waals surface area contributed by atoms with Gasteiger partial charge in [0.15, 0.2) is 4.90 Å². The van der Waals surface area contributed by atoms with Gasteiger partial charge in [-0.05, 0) is 37.5 Å². The second-order valence-electron chi connectivity index (χ2n) is 5.14. The summed E-state index contributed by atoms with van der Waals surface area (Å²) in [6.07, 6.45) is 3.73. The van der Waals surface area contributed by atoms with Crippen molar-refractivity contribution in [2.75, 3.05) is 6.54 Å². The molecule has 0 saturated heterocycles. The van der Waals surface area contributed by atoms with Gasteiger partial charge < -0.3 is 0 Å². The summed E-state index contributed by atoms with van der Waals surface area (Å²) in [6.45, 7) is 3.20. The van der Waals surface area contributed by atoms with E-state index in [1.54, 1.807) is 37.5 Å². The van der Waals surface area contributed by atoms with Gasteiger partial charge in [0.1, 0.15) is 0 Å². The zero-order valence-corrected chi connectivity index (χ0v) is 13.6. The molecule has 1 N–H and O–H groups in total. The number of nitro benzene ring substituents is 1. The molecular formula is C15H17N3O4S. The minimum Gasteiger partial charge on any atom is -0.264 e. The number of aryl methyl sites for hydroxylation is 2. The van der Waals surface area contributed by atoms with E-state index < -0.39 is 14.9 Å². The molecular weight excluding hydrogens is 318 g/mol. The van der Waals surface area contributed by atoms with Crippen LogP contribution in [0.5, 0.6) is 0 Å². The molecule has 0 unspecified atom stereocenters. The summed E-state index contributed by atoms with van der Waals surface area (Å²) in [5.41, 5.74) is 1.16. The first-order chi connectivity index (χ1) is 10.8. The molecule has 0 aliphatic carbocycles. The molecule has 122 valence electrons. The Balaban J connectivity index is 2.26. The van der Waals surface area contributed by atoms with Gasteiger partial charge in [-0.3, -0.25) is 15.1 Å². The van der Waals surface area contributed by atoms with E-state index in [1.807, 2.05) is 6.07 Å². The first kappa shape index (κ1) is 17.0. The van der Waals surface area contributed by atoms with Gasteiger partial charge in [-0.2, -0.15) is 0 Å². The van der Waals surface area contributed by atoms with Crippen molar-refractivity contribution in [3.63, 3.8) is 0 Å². The molecule has 1 aromatic heterocycles. The third-order valence-electron chi connectivity index (χ3n) is 3.41. The summed E-state index contributed by atoms with van der Waals surface area (Å²) in [5, 5.41) is 11.2. The molecule has 7 nitrogen and oxygen atoms in total. The van der Waals surface area contributed by atoms with Crippen molar-refractivity contribution in [1.29, 1.82) is 0 Å². The summed E-state index contributed by atoms with van der Waals surface area (Å²) < 4.78 is 27.4. The van der Waals surface area contributed by atoms with Crippen molar-refractivity contribution in [2.24, 2.45) is 0 Å². The molecule has 2 aromatic rings. The largest absolute Gasteiger partial charge is 0.292 e. The van der Waals surface area contributed by atoms with Crippen LogP contribution < -0.4 is 4.72 Å². The molecule has 0 radical (unpaired) electrons. The standard InChI is InChI=1S/C15H17N3O4S/c1-11-5-6-12(2)15(14(11)18(19)20)23(21,22)17-9-7-13-4-3-8-16-10-13/h3-6,8,10,17H,7,9H2,1-2H3. The van der Waals surface area contributed by atoms with Gasteiger partial charge in [0, 0.05) is 24.5 Å². The molecule has 0 spiro atoms. The zero-order valence-electron chi connectivity index (χ0n) is 12.8. The average Bonchev–Trinajstić information content (AvgIpc) is 2.49. The van der Waals surface area contributed by atoms with Crippen LogP contribution in [0.2, 0.25) is 0 Å². The predicted octanol–water partition coefficient (Wildman–Crippen LogP) is 2.13. The van der Waals surface area contributed by atoms with Gasteiger partial charge in [-0.15, -0.1) is 0 Å². The molecule has 0 fully saturated rings. The van der Waals surface area contributed by atoms with E-state index in [-0.39, 0.29) is 17.1 Å². The fourth-order valence-corrected chi connectivity index (χ4v) is 3.78. The van der Waals surface area contributed by atoms with Crippen LogP contribution in [0.1, 0.15) is 16.7 Å². The van der Waals surface area contributed by atoms with Crippen LogP contribution in [0, 0.1) is 24.0 Å². The lowest BCUT2D eigenvalue weighted by molar-refractivity contribution is -0.388. The van der Waals surface area contributed by atoms with Gasteiger partial charge in [-0.25, -0.2) is 13.1 Å². The Morgan fingerprint density at radius 2 is 1.91 bits per heavy atom. The number of benzene rings is 1. The first-order valence-electron chi connectivity index (χ1n) is 6.96. The topological polar surface area (TPSA) is 102 Å². The van der Waals surface area contributed by atoms with Gasteiger partial charge >= 0.3 is 0 Å². The Bertz CT molecular complexity index is 820. The molecule has 0 amide bonds. The van der Waals surface area contributed by atoms with Crippen LogP contribution in [0.25, 0.3) is 0 Å². The second kappa shape index (κ2) is 6.84. The third-order valence-corrected chi connectivity index (χ3v) is 5.05. The van der Waals surface area contributed by atoms with E-state index in [2.05, 4.69) is 9.71 Å². The molecule has 0 saturated carbocycles. The van der Waals surface area contributed by atoms with Crippen LogP contribution in [-0.4, -0.2) is 24.9 Å². The zero-order chi connectivity index (χ0) is 17.0. The van der Waals surface area contributed by atoms with Gasteiger partial charge in [0.05, 0.1) is 4.92 Å². The Kier molecular flexibility index (Phi) is 5.07. The molecule has 23 heavy (non-hydrogen) atoms. The minimum atomic E-state index is -3.97. The van der Waals surface area contributed by atoms with Gasteiger partial charge in [0.25, 0.3) is 5.69 Å². The highest BCUT2D eigenvalue weighted by Gasteiger charge is 2.29. The summed E-state index contributed by atoms with van der Waals surface area (Å²) in [7, 11) is -3.97. The lowest BCUT2D eigenvalue weighted by atomic mass is 10.1. The molecule has 0 aliphatic heterocycles. The first-order valence-corrected chi connectivity index (χ1v) is 8.44. The number of nitro groups is 1. The Morgan fingerprint density at radius 3 is 2.52 bits per heavy atom. The van der Waals surface area contributed by atoms with Crippen molar-refractivity contribution >= 4 is 15.7 Å². The molecule has 0 atom stereocenters. The van der Waals surface area contributed by atoms with Gasteiger partial charge in [0.2, 0.25) is 10.0 Å². The SMILES string of the molecule is Cc1ccc(C)c(S(=O)(=O)NCCc2cccnc2)c1[N+](=O)[O-]. The minimum absolute atomic E-state index is 0.137. The van der Waals surface area contributed by atoms with E-state index in [9.17, 15) is 18.5 Å². The molecule has 2 rings (SSSR count). The number of rotatable bonds is 6. The van der Waals surface area contributed by atoms with Crippen molar-refractivity contribution < 1.29 is 13.3 Å². The maximum atomic E-state index is 12.5. The van der Waals surface area contributed by atoms with Crippen molar-refractivity contribution in [3.05, 3.63) is 63.5 Å². The van der Waals surface area contributed by atoms with Crippen LogP contribution in [-0.2, 0) is 16.4 Å². The van der Waals surface area contributed by atoms with E-state index in [0.717, 1.165) is 5.56 Å². The summed E-state index contributed by atoms with van der Waals surface area (Å²) in [6, 6.07) is 6.71. The molecule has 8 heteroatoms. The number of pyridine rings is 1. The highest BCUT2D eigenvalue weighted by atomic mass is 32.2. The maximum absolute atomic E-state index is 12.5. The van der Waals surface area contributed by atoms with Gasteiger partial charge in [-0.1, -0.05) is 18.2 Å². The number of nitrogens with one attached hydrogen (secondary N) is 1. The second-order valence-corrected chi connectivity index (χ2v) is 6.85. The number of hydrogen-bond donors (Lipinski definition) is 1. The van der Waals surface area contributed by atoms with E-state index in [0.29, 0.717) is 17.5 Å². The van der Waals surface area contributed by atoms with E-state index >= 15 is 0 Å². The monoisotopic (exact) mass is 335 g/mol. The quantitative estimate of drug-likeness (QED) is 0.643. The van der Waals surface area contributed by atoms with Crippen LogP contribution >= 0.6 is 0 Å². The average molecular weight is 335 g/mol. The molecule has 1 aromatic carbocycles. The number of hydrogen-bond acceptors (Lipinski definition) is 5. The highest BCUT2D eigenvalue weighted by Crippen LogP contribution is 2.30. The normalized spacial score (nSPS) is 11.4. The number of nitrogens with zero attached hydrogens (tertiary/aromatic N) is 2. The lowest BCUT2D eigenvalue weighted by Crippen LogP contribution is -2.27. The number of aromatic nitrogens is 1. The summed E-state index contributed by atoms with van der Waals surface area (Å²) in [4.78, 5) is 14.3. The van der Waals surface area contributed by atoms with Crippen molar-refractivity contribution in [1.82, 2.24) is 9.71 Å². The van der Waals surface area contributed by atoms with Crippen LogP contribution in [0.3, 0.4) is 0 Å². The van der Waals surface area contributed by atoms with Crippen molar-refractivity contribution in [2.45, 2.75) is 25.2 Å². The fourth-order valence-electron chi connectivity index (χ4n) is 2.28. The third kappa shape index (κ3) is 3.91. The highest BCUT2D eigenvalue weighted by molar-refractivity contribution is 7.89. The maximum Gasteiger partial charge on any atom is 0.292 e. The van der Waals surface area contributed by atoms with Crippen LogP contribution in [0.4, 0.5) is 5.69 Å². The predicted molar refractivity (Wildman–Crippen MR) is 85.7 cm³/mol. The van der Waals surface area contributed by atoms with E-state index in [4.69, 9.17) is 0 Å². The Labute approximate surface area is 134 Å². The van der Waals surface area contributed by atoms with Crippen molar-refractivity contribution in [3.8, 4) is 0 Å². The van der Waals surface area contributed by atoms with Crippen LogP contribution in [0.15, 0.2) is 41.6 Å². The fraction of sp³-hybridized carbons (Fsp3) is 0.267. The Morgan fingerprint density at radius 1 is 1.22 bits per heavy atom. The molecule has 0 bridgehead atoms. The molecule has 1 heterocycles. The summed E-state index contributed by atoms with van der Waals surface area (Å²) >= 11 is 0. The smallest absolute Gasteiger partial charge is 0.264 e. The molecule has 0 aliphatic rings. The summed E-state index contributed by atoms with van der Waals surface area (Å²) in [5.74, 6) is 0. The lowest BCUT2D eigenvalue weighted by Gasteiger charge is -2.11. The number of sulfonamides is 1. The van der Waals surface area contributed by atoms with E-state index in [1.165, 1.54) is 6.92 Å². The Hall–Kier alpha value is -2.32.